The van der Waals surface area contributed by atoms with Crippen LogP contribution in [0.2, 0.25) is 5.02 Å². The number of carbonyl (C=O) groups is 1. The number of rotatable bonds is 7. The van der Waals surface area contributed by atoms with Gasteiger partial charge in [0, 0.05) is 18.0 Å². The van der Waals surface area contributed by atoms with Crippen LogP contribution in [0.1, 0.15) is 44.2 Å². The highest BCUT2D eigenvalue weighted by atomic mass is 35.5. The monoisotopic (exact) mass is 483 g/mol. The lowest BCUT2D eigenvalue weighted by atomic mass is 9.85. The number of benzene rings is 2. The number of halogens is 2. The molecular formula is C21H23ClFN3O5S. The number of hydrogen-bond donors (Lipinski definition) is 2. The first kappa shape index (κ1) is 24.1. The second-order valence-corrected chi connectivity index (χ2v) is 9.94. The van der Waals surface area contributed by atoms with E-state index in [9.17, 15) is 27.7 Å². The summed E-state index contributed by atoms with van der Waals surface area (Å²) in [6.45, 7) is 1.82. The number of nitrogens with one attached hydrogen (secondary N) is 2. The predicted octanol–water partition coefficient (Wildman–Crippen LogP) is 4.10. The first-order chi connectivity index (χ1) is 15.1. The Labute approximate surface area is 190 Å². The molecule has 32 heavy (non-hydrogen) atoms. The van der Waals surface area contributed by atoms with Crippen LogP contribution in [0.4, 0.5) is 10.1 Å². The Hall–Kier alpha value is -2.56. The van der Waals surface area contributed by atoms with Gasteiger partial charge in [-0.3, -0.25) is 14.9 Å². The van der Waals surface area contributed by atoms with Crippen molar-refractivity contribution in [2.75, 3.05) is 0 Å². The summed E-state index contributed by atoms with van der Waals surface area (Å²) in [6, 6.07) is 8.58. The van der Waals surface area contributed by atoms with E-state index in [2.05, 4.69) is 10.0 Å². The molecule has 1 saturated carbocycles. The first-order valence-corrected chi connectivity index (χ1v) is 11.9. The highest BCUT2D eigenvalue weighted by Gasteiger charge is 2.30. The number of sulfonamides is 1. The third-order valence-electron chi connectivity index (χ3n) is 5.57. The van der Waals surface area contributed by atoms with Crippen molar-refractivity contribution in [2.45, 2.75) is 49.6 Å². The van der Waals surface area contributed by atoms with E-state index >= 15 is 0 Å². The zero-order chi connectivity index (χ0) is 23.5. The van der Waals surface area contributed by atoms with Crippen LogP contribution in [-0.4, -0.2) is 25.3 Å². The molecule has 1 aliphatic carbocycles. The molecule has 1 atom stereocenters. The quantitative estimate of drug-likeness (QED) is 0.454. The topological polar surface area (TPSA) is 118 Å². The molecular weight excluding hydrogens is 461 g/mol. The highest BCUT2D eigenvalue weighted by molar-refractivity contribution is 7.89. The Bertz CT molecular complexity index is 1100. The molecule has 0 aromatic heterocycles. The van der Waals surface area contributed by atoms with Crippen LogP contribution in [0, 0.1) is 21.8 Å². The fourth-order valence-corrected chi connectivity index (χ4v) is 5.24. The average Bonchev–Trinajstić information content (AvgIpc) is 2.74. The lowest BCUT2D eigenvalue weighted by Gasteiger charge is -2.29. The van der Waals surface area contributed by atoms with Gasteiger partial charge in [-0.15, -0.1) is 0 Å². The zero-order valence-electron chi connectivity index (χ0n) is 17.3. The number of amides is 1. The van der Waals surface area contributed by atoms with Crippen LogP contribution in [0.15, 0.2) is 47.4 Å². The van der Waals surface area contributed by atoms with Gasteiger partial charge < -0.3 is 5.32 Å². The molecule has 0 spiro atoms. The van der Waals surface area contributed by atoms with Crippen LogP contribution in [-0.2, 0) is 14.8 Å². The second kappa shape index (κ2) is 9.93. The van der Waals surface area contributed by atoms with Crippen LogP contribution in [0.5, 0.6) is 0 Å². The smallest absolute Gasteiger partial charge is 0.289 e. The highest BCUT2D eigenvalue weighted by Crippen LogP contribution is 2.29. The van der Waals surface area contributed by atoms with E-state index in [-0.39, 0.29) is 39.6 Å². The Kier molecular flexibility index (Phi) is 7.47. The van der Waals surface area contributed by atoms with Crippen LogP contribution in [0.25, 0.3) is 0 Å². The van der Waals surface area contributed by atoms with E-state index in [1.54, 1.807) is 12.1 Å². The van der Waals surface area contributed by atoms with Crippen molar-refractivity contribution in [1.29, 1.82) is 0 Å². The van der Waals surface area contributed by atoms with Gasteiger partial charge >= 0.3 is 0 Å². The van der Waals surface area contributed by atoms with E-state index in [0.29, 0.717) is 25.7 Å². The van der Waals surface area contributed by atoms with Gasteiger partial charge in [-0.05, 0) is 62.4 Å². The fourth-order valence-electron chi connectivity index (χ4n) is 3.73. The molecule has 2 aromatic rings. The van der Waals surface area contributed by atoms with Gasteiger partial charge in [-0.25, -0.2) is 17.5 Å². The maximum absolute atomic E-state index is 13.1. The van der Waals surface area contributed by atoms with Gasteiger partial charge in [0.2, 0.25) is 15.9 Å². The average molecular weight is 484 g/mol. The molecule has 8 nitrogen and oxygen atoms in total. The van der Waals surface area contributed by atoms with Crippen LogP contribution in [0.3, 0.4) is 0 Å². The molecule has 1 fully saturated rings. The fraction of sp³-hybridized carbons (Fsp3) is 0.381. The van der Waals surface area contributed by atoms with Crippen molar-refractivity contribution in [3.05, 3.63) is 69.0 Å². The van der Waals surface area contributed by atoms with Crippen LogP contribution >= 0.6 is 11.6 Å². The summed E-state index contributed by atoms with van der Waals surface area (Å²) in [5, 5.41) is 13.8. The van der Waals surface area contributed by atoms with Gasteiger partial charge in [0.1, 0.15) is 10.8 Å². The Morgan fingerprint density at radius 1 is 1.16 bits per heavy atom. The second-order valence-electron chi connectivity index (χ2n) is 7.82. The summed E-state index contributed by atoms with van der Waals surface area (Å²) in [4.78, 5) is 22.6. The first-order valence-electron chi connectivity index (χ1n) is 10.1. The van der Waals surface area contributed by atoms with Crippen molar-refractivity contribution in [2.24, 2.45) is 5.92 Å². The minimum atomic E-state index is -3.97. The molecule has 0 heterocycles. The third-order valence-corrected chi connectivity index (χ3v) is 7.41. The lowest BCUT2D eigenvalue weighted by Crippen LogP contribution is -2.41. The minimum Gasteiger partial charge on any atom is -0.349 e. The van der Waals surface area contributed by atoms with E-state index in [1.165, 1.54) is 24.3 Å². The Balaban J connectivity index is 1.56. The van der Waals surface area contributed by atoms with Crippen molar-refractivity contribution in [3.8, 4) is 0 Å². The van der Waals surface area contributed by atoms with E-state index < -0.39 is 20.6 Å². The van der Waals surface area contributed by atoms with E-state index in [0.717, 1.165) is 11.6 Å². The van der Waals surface area contributed by atoms with Crippen molar-refractivity contribution in [1.82, 2.24) is 10.0 Å². The summed E-state index contributed by atoms with van der Waals surface area (Å²) in [5.41, 5.74) is 0.309. The molecule has 1 aliphatic rings. The minimum absolute atomic E-state index is 0.128. The SMILES string of the molecule is C[C@@H](NC(=O)[C@H]1CC[C@H](NS(=O)(=O)c2ccc(Cl)c([N+](=O)[O-])c2)CC1)c1ccc(F)cc1. The number of hydrogen-bond acceptors (Lipinski definition) is 5. The molecule has 0 bridgehead atoms. The molecule has 0 radical (unpaired) electrons. The van der Waals surface area contributed by atoms with E-state index in [4.69, 9.17) is 11.6 Å². The normalized spacial score (nSPS) is 19.8. The zero-order valence-corrected chi connectivity index (χ0v) is 18.8. The summed E-state index contributed by atoms with van der Waals surface area (Å²) in [6.07, 6.45) is 1.90. The predicted molar refractivity (Wildman–Crippen MR) is 117 cm³/mol. The molecule has 2 N–H and O–H groups in total. The Morgan fingerprint density at radius 3 is 2.38 bits per heavy atom. The number of nitrogens with zero attached hydrogens (tertiary/aromatic N) is 1. The summed E-state index contributed by atoms with van der Waals surface area (Å²) < 4.78 is 40.9. The van der Waals surface area contributed by atoms with E-state index in [1.807, 2.05) is 6.92 Å². The summed E-state index contributed by atoms with van der Waals surface area (Å²) in [7, 11) is -3.97. The van der Waals surface area contributed by atoms with Crippen molar-refractivity contribution >= 4 is 33.2 Å². The molecule has 2 aromatic carbocycles. The molecule has 3 rings (SSSR count). The molecule has 0 aliphatic heterocycles. The number of nitro benzene ring substituents is 1. The maximum atomic E-state index is 13.1. The molecule has 172 valence electrons. The standard InChI is InChI=1S/C21H23ClFN3O5S/c1-13(14-2-6-16(23)7-3-14)24-21(27)15-4-8-17(9-5-15)25-32(30,31)18-10-11-19(22)20(12-18)26(28)29/h2-3,6-7,10-13,15,17,25H,4-5,8-9H2,1H3,(H,24,27)/t13-,15-,17-/m1/s1. The molecule has 11 heteroatoms. The maximum Gasteiger partial charge on any atom is 0.289 e. The largest absolute Gasteiger partial charge is 0.349 e. The van der Waals surface area contributed by atoms with Crippen molar-refractivity contribution < 1.29 is 22.5 Å². The van der Waals surface area contributed by atoms with Gasteiger partial charge in [0.15, 0.2) is 0 Å². The van der Waals surface area contributed by atoms with Gasteiger partial charge in [0.05, 0.1) is 15.9 Å². The number of nitro groups is 1. The molecule has 1 amide bonds. The van der Waals surface area contributed by atoms with Crippen LogP contribution < -0.4 is 10.0 Å². The molecule has 0 saturated heterocycles. The van der Waals surface area contributed by atoms with Gasteiger partial charge in [-0.2, -0.15) is 0 Å². The molecule has 0 unspecified atom stereocenters. The van der Waals surface area contributed by atoms with Gasteiger partial charge in [-0.1, -0.05) is 23.7 Å². The summed E-state index contributed by atoms with van der Waals surface area (Å²) in [5.74, 6) is -0.729. The number of carbonyl (C=O) groups excluding carboxylic acids is 1. The Morgan fingerprint density at radius 2 is 1.78 bits per heavy atom. The third kappa shape index (κ3) is 5.81. The lowest BCUT2D eigenvalue weighted by molar-refractivity contribution is -0.384. The van der Waals surface area contributed by atoms with Gasteiger partial charge in [0.25, 0.3) is 5.69 Å². The summed E-state index contributed by atoms with van der Waals surface area (Å²) >= 11 is 5.75. The van der Waals surface area contributed by atoms with Crippen molar-refractivity contribution in [3.63, 3.8) is 0 Å².